The number of aliphatic hydroxyl groups is 1. The molecule has 0 fully saturated rings. The van der Waals surface area contributed by atoms with Crippen LogP contribution in [0.5, 0.6) is 17.2 Å². The first-order valence-electron chi connectivity index (χ1n) is 5.89. The fourth-order valence-electron chi connectivity index (χ4n) is 1.59. The van der Waals surface area contributed by atoms with E-state index in [2.05, 4.69) is 0 Å². The fourth-order valence-corrected chi connectivity index (χ4v) is 2.48. The summed E-state index contributed by atoms with van der Waals surface area (Å²) in [5.41, 5.74) is 0. The Balaban J connectivity index is 2.89. The lowest BCUT2D eigenvalue weighted by Gasteiger charge is -2.16. The molecule has 5 nitrogen and oxygen atoms in total. The molecule has 1 atom stereocenters. The highest BCUT2D eigenvalue weighted by atomic mass is 32.2. The maximum absolute atomic E-state index is 9.56. The monoisotopic (exact) mass is 288 g/mol. The van der Waals surface area contributed by atoms with Crippen molar-refractivity contribution < 1.29 is 24.1 Å². The first-order valence-corrected chi connectivity index (χ1v) is 6.87. The molecule has 0 amide bonds. The first kappa shape index (κ1) is 15.9. The summed E-state index contributed by atoms with van der Waals surface area (Å²) in [5.74, 6) is 2.16. The smallest absolute Gasteiger partial charge is 0.204 e. The molecule has 1 aromatic rings. The summed E-state index contributed by atoms with van der Waals surface area (Å²) in [6.07, 6.45) is -0.798. The molecule has 108 valence electrons. The van der Waals surface area contributed by atoms with E-state index in [0.717, 1.165) is 4.90 Å². The molecule has 1 unspecified atom stereocenters. The van der Waals surface area contributed by atoms with Crippen molar-refractivity contribution in [3.63, 3.8) is 0 Å². The summed E-state index contributed by atoms with van der Waals surface area (Å²) >= 11 is 1.43. The molecule has 1 rings (SSSR count). The van der Waals surface area contributed by atoms with Gasteiger partial charge in [0.2, 0.25) is 5.75 Å². The Hall–Kier alpha value is -1.11. The third-order valence-electron chi connectivity index (χ3n) is 2.41. The summed E-state index contributed by atoms with van der Waals surface area (Å²) in [6, 6.07) is 3.67. The number of ether oxygens (including phenoxy) is 4. The zero-order valence-electron chi connectivity index (χ0n) is 11.6. The molecule has 1 aromatic carbocycles. The largest absolute Gasteiger partial charge is 0.493 e. The topological polar surface area (TPSA) is 57.2 Å². The number of hydrogen-bond acceptors (Lipinski definition) is 6. The number of thioether (sulfide) groups is 1. The summed E-state index contributed by atoms with van der Waals surface area (Å²) in [7, 11) is 4.70. The maximum Gasteiger partial charge on any atom is 0.204 e. The third kappa shape index (κ3) is 4.19. The van der Waals surface area contributed by atoms with E-state index in [1.165, 1.54) is 11.8 Å². The van der Waals surface area contributed by atoms with Gasteiger partial charge in [0.05, 0.1) is 26.2 Å². The Morgan fingerprint density at radius 1 is 1.11 bits per heavy atom. The Bertz CT molecular complexity index is 397. The van der Waals surface area contributed by atoms with Crippen molar-refractivity contribution in [1.82, 2.24) is 0 Å². The average molecular weight is 288 g/mol. The van der Waals surface area contributed by atoms with Crippen molar-refractivity contribution in [2.75, 3.05) is 33.7 Å². The van der Waals surface area contributed by atoms with Gasteiger partial charge in [-0.2, -0.15) is 0 Å². The lowest BCUT2D eigenvalue weighted by molar-refractivity contribution is -0.0764. The highest BCUT2D eigenvalue weighted by Crippen LogP contribution is 2.43. The second-order valence-corrected chi connectivity index (χ2v) is 4.62. The van der Waals surface area contributed by atoms with Gasteiger partial charge in [0, 0.05) is 12.4 Å². The molecule has 0 aliphatic heterocycles. The van der Waals surface area contributed by atoms with Crippen LogP contribution in [0.25, 0.3) is 0 Å². The number of aliphatic hydroxyl groups excluding tert-OH is 1. The minimum atomic E-state index is -0.798. The fraction of sp³-hybridized carbons (Fsp3) is 0.538. The summed E-state index contributed by atoms with van der Waals surface area (Å²) in [4.78, 5) is 0.860. The Morgan fingerprint density at radius 2 is 1.79 bits per heavy atom. The van der Waals surface area contributed by atoms with E-state index in [9.17, 15) is 5.11 Å². The Kier molecular flexibility index (Phi) is 6.83. The molecule has 0 saturated heterocycles. The minimum Gasteiger partial charge on any atom is -0.493 e. The molecule has 19 heavy (non-hydrogen) atoms. The third-order valence-corrected chi connectivity index (χ3v) is 3.49. The second-order valence-electron chi connectivity index (χ2n) is 3.55. The van der Waals surface area contributed by atoms with Crippen LogP contribution < -0.4 is 14.2 Å². The highest BCUT2D eigenvalue weighted by molar-refractivity contribution is 7.99. The van der Waals surface area contributed by atoms with Crippen molar-refractivity contribution in [3.05, 3.63) is 12.1 Å². The molecule has 1 N–H and O–H groups in total. The van der Waals surface area contributed by atoms with Crippen molar-refractivity contribution in [3.8, 4) is 17.2 Å². The molecule has 0 aliphatic carbocycles. The lowest BCUT2D eigenvalue weighted by atomic mass is 10.3. The van der Waals surface area contributed by atoms with Gasteiger partial charge in [-0.25, -0.2) is 0 Å². The zero-order valence-corrected chi connectivity index (χ0v) is 12.5. The van der Waals surface area contributed by atoms with Crippen LogP contribution in [-0.4, -0.2) is 45.1 Å². The number of benzene rings is 1. The Morgan fingerprint density at radius 3 is 2.32 bits per heavy atom. The van der Waals surface area contributed by atoms with Crippen LogP contribution in [-0.2, 0) is 4.74 Å². The van der Waals surface area contributed by atoms with Gasteiger partial charge in [0.25, 0.3) is 0 Å². The van der Waals surface area contributed by atoms with Gasteiger partial charge in [-0.05, 0) is 19.1 Å². The van der Waals surface area contributed by atoms with Crippen LogP contribution in [0.2, 0.25) is 0 Å². The van der Waals surface area contributed by atoms with Gasteiger partial charge in [-0.15, -0.1) is 11.8 Å². The summed E-state index contributed by atoms with van der Waals surface area (Å²) in [5, 5.41) is 9.56. The average Bonchev–Trinajstić information content (AvgIpc) is 2.43. The van der Waals surface area contributed by atoms with Gasteiger partial charge < -0.3 is 24.1 Å². The predicted molar refractivity (Wildman–Crippen MR) is 74.5 cm³/mol. The molecule has 0 saturated carbocycles. The van der Waals surface area contributed by atoms with Gasteiger partial charge in [0.1, 0.15) is 0 Å². The quantitative estimate of drug-likeness (QED) is 0.584. The van der Waals surface area contributed by atoms with E-state index >= 15 is 0 Å². The standard InChI is InChI=1S/C13H20O5S/c1-5-18-11(14)8-19-10-7-6-9(15-2)12(16-3)13(10)17-4/h6-7,11,14H,5,8H2,1-4H3. The number of methoxy groups -OCH3 is 3. The first-order chi connectivity index (χ1) is 9.17. The van der Waals surface area contributed by atoms with Crippen molar-refractivity contribution in [2.24, 2.45) is 0 Å². The zero-order chi connectivity index (χ0) is 14.3. The lowest BCUT2D eigenvalue weighted by Crippen LogP contribution is -2.14. The van der Waals surface area contributed by atoms with E-state index in [1.807, 2.05) is 13.0 Å². The summed E-state index contributed by atoms with van der Waals surface area (Å²) < 4.78 is 20.9. The van der Waals surface area contributed by atoms with Crippen LogP contribution in [0.1, 0.15) is 6.92 Å². The normalized spacial score (nSPS) is 12.1. The van der Waals surface area contributed by atoms with Crippen LogP contribution >= 0.6 is 11.8 Å². The van der Waals surface area contributed by atoms with E-state index in [4.69, 9.17) is 18.9 Å². The molecule has 0 bridgehead atoms. The molecular weight excluding hydrogens is 268 g/mol. The van der Waals surface area contributed by atoms with Crippen molar-refractivity contribution in [1.29, 1.82) is 0 Å². The van der Waals surface area contributed by atoms with E-state index in [1.54, 1.807) is 27.4 Å². The van der Waals surface area contributed by atoms with Crippen LogP contribution in [0.3, 0.4) is 0 Å². The predicted octanol–water partition coefficient (Wildman–Crippen LogP) is 2.16. The van der Waals surface area contributed by atoms with Crippen molar-refractivity contribution >= 4 is 11.8 Å². The van der Waals surface area contributed by atoms with Gasteiger partial charge in [0.15, 0.2) is 17.8 Å². The number of hydrogen-bond donors (Lipinski definition) is 1. The molecule has 6 heteroatoms. The van der Waals surface area contributed by atoms with Crippen molar-refractivity contribution in [2.45, 2.75) is 18.1 Å². The van der Waals surface area contributed by atoms with Gasteiger partial charge in [-0.3, -0.25) is 0 Å². The maximum atomic E-state index is 9.56. The van der Waals surface area contributed by atoms with Crippen LogP contribution in [0, 0.1) is 0 Å². The molecule has 0 aliphatic rings. The van der Waals surface area contributed by atoms with Crippen LogP contribution in [0.15, 0.2) is 17.0 Å². The minimum absolute atomic E-state index is 0.416. The van der Waals surface area contributed by atoms with Gasteiger partial charge in [-0.1, -0.05) is 0 Å². The molecule has 0 spiro atoms. The Labute approximate surface area is 117 Å². The van der Waals surface area contributed by atoms with Gasteiger partial charge >= 0.3 is 0 Å². The number of rotatable bonds is 8. The van der Waals surface area contributed by atoms with E-state index < -0.39 is 6.29 Å². The molecule has 0 heterocycles. The molecule has 0 radical (unpaired) electrons. The van der Waals surface area contributed by atoms with E-state index in [-0.39, 0.29) is 0 Å². The molecule has 0 aromatic heterocycles. The summed E-state index contributed by atoms with van der Waals surface area (Å²) in [6.45, 7) is 2.32. The second kappa shape index (κ2) is 8.14. The highest BCUT2D eigenvalue weighted by Gasteiger charge is 2.17. The van der Waals surface area contributed by atoms with E-state index in [0.29, 0.717) is 29.6 Å². The van der Waals surface area contributed by atoms with Crippen LogP contribution in [0.4, 0.5) is 0 Å². The molecular formula is C13H20O5S. The SMILES string of the molecule is CCOC(O)CSc1ccc(OC)c(OC)c1OC.